The minimum absolute atomic E-state index is 0.263. The van der Waals surface area contributed by atoms with Gasteiger partial charge in [0.2, 0.25) is 10.8 Å². The van der Waals surface area contributed by atoms with Crippen LogP contribution in [-0.4, -0.2) is 75.7 Å². The molecule has 3 rings (SSSR count). The summed E-state index contributed by atoms with van der Waals surface area (Å²) >= 11 is 0. The van der Waals surface area contributed by atoms with Crippen LogP contribution in [0.1, 0.15) is 31.7 Å². The van der Waals surface area contributed by atoms with Crippen LogP contribution in [0.5, 0.6) is 0 Å². The van der Waals surface area contributed by atoms with Gasteiger partial charge in [-0.1, -0.05) is 55.8 Å². The number of ether oxygens (including phenoxy) is 2. The van der Waals surface area contributed by atoms with E-state index < -0.39 is 18.1 Å². The van der Waals surface area contributed by atoms with Gasteiger partial charge in [0.25, 0.3) is 6.47 Å². The van der Waals surface area contributed by atoms with Crippen molar-refractivity contribution in [2.45, 2.75) is 50.7 Å². The molecule has 36 heavy (non-hydrogen) atoms. The van der Waals surface area contributed by atoms with E-state index in [-0.39, 0.29) is 11.9 Å². The molecule has 1 heterocycles. The summed E-state index contributed by atoms with van der Waals surface area (Å²) in [6, 6.07) is 12.4. The number of carbonyl (C=O) groups is 3. The van der Waals surface area contributed by atoms with Gasteiger partial charge in [0.05, 0.1) is 13.7 Å². The third-order valence-electron chi connectivity index (χ3n) is 5.91. The van der Waals surface area contributed by atoms with Gasteiger partial charge >= 0.3 is 5.97 Å². The van der Waals surface area contributed by atoms with E-state index in [9.17, 15) is 14.4 Å². The lowest BCUT2D eigenvalue weighted by atomic mass is 10.0. The molecule has 194 valence electrons. The van der Waals surface area contributed by atoms with E-state index in [2.05, 4.69) is 25.2 Å². The number of methoxy groups -OCH3 is 1. The molecule has 1 fully saturated rings. The molecule has 0 radical (unpaired) electrons. The van der Waals surface area contributed by atoms with Gasteiger partial charge in [0.15, 0.2) is 6.04 Å². The molecule has 0 aromatic heterocycles. The molecule has 0 spiro atoms. The van der Waals surface area contributed by atoms with Gasteiger partial charge in [0.1, 0.15) is 29.4 Å². The van der Waals surface area contributed by atoms with E-state index in [1.54, 1.807) is 0 Å². The second kappa shape index (κ2) is 15.4. The lowest BCUT2D eigenvalue weighted by Gasteiger charge is -2.23. The molecule has 1 aliphatic heterocycles. The molecule has 2 aromatic rings. The Bertz CT molecular complexity index is 1070. The summed E-state index contributed by atoms with van der Waals surface area (Å²) in [5.74, 6) is -0.741. The van der Waals surface area contributed by atoms with Crippen molar-refractivity contribution in [3.63, 3.8) is 0 Å². The van der Waals surface area contributed by atoms with Crippen molar-refractivity contribution >= 4 is 29.1 Å². The zero-order chi connectivity index (χ0) is 26.3. The molecule has 2 aromatic carbocycles. The fourth-order valence-electron chi connectivity index (χ4n) is 4.01. The summed E-state index contributed by atoms with van der Waals surface area (Å²) in [5.41, 5.74) is 0.945. The van der Waals surface area contributed by atoms with Crippen molar-refractivity contribution in [1.29, 1.82) is 0 Å². The first-order chi connectivity index (χ1) is 17.4. The van der Waals surface area contributed by atoms with Gasteiger partial charge in [-0.3, -0.25) is 14.5 Å². The standard InChI is InChI=1S/C21H25N5O3.C5H10O2/c1-22-25-24-17-10-11-26(2)19(17)20(27)23-18(21(28)29-3)13-14-8-9-15-6-4-5-7-16(15)12-14;1-2-3-4-7-5-6/h4-9,12,17-19H,10-11,13H2,1-3H3;5H,2-4H2,1H3/p+1. The maximum atomic E-state index is 13.0. The number of fused-ring (bicyclic) bond motifs is 1. The van der Waals surface area contributed by atoms with Crippen molar-refractivity contribution < 1.29 is 23.9 Å². The second-order valence-electron chi connectivity index (χ2n) is 8.48. The van der Waals surface area contributed by atoms with Gasteiger partial charge in [-0.25, -0.2) is 4.79 Å². The zero-order valence-corrected chi connectivity index (χ0v) is 21.4. The number of likely N-dealkylation sites (N-methyl/N-ethyl adjacent to an activating group) is 1. The largest absolute Gasteiger partial charge is 0.468 e. The highest BCUT2D eigenvalue weighted by Gasteiger charge is 2.41. The number of esters is 1. The van der Waals surface area contributed by atoms with Crippen LogP contribution < -0.4 is 10.2 Å². The third kappa shape index (κ3) is 8.55. The highest BCUT2D eigenvalue weighted by atomic mass is 16.5. The molecule has 1 N–H and O–H groups in total. The fourth-order valence-corrected chi connectivity index (χ4v) is 4.01. The Balaban J connectivity index is 0.000000572. The predicted molar refractivity (Wildman–Crippen MR) is 136 cm³/mol. The minimum atomic E-state index is -0.781. The molecule has 10 heteroatoms. The number of nitrogens with one attached hydrogen (secondary N) is 1. The Morgan fingerprint density at radius 2 is 2.00 bits per heavy atom. The molecule has 10 nitrogen and oxygen atoms in total. The first kappa shape index (κ1) is 28.6. The average molecular weight is 499 g/mol. The van der Waals surface area contributed by atoms with E-state index in [0.29, 0.717) is 25.9 Å². The van der Waals surface area contributed by atoms with E-state index >= 15 is 0 Å². The van der Waals surface area contributed by atoms with Crippen LogP contribution in [-0.2, 0) is 30.3 Å². The van der Waals surface area contributed by atoms with Crippen LogP contribution in [0.15, 0.2) is 52.7 Å². The highest BCUT2D eigenvalue weighted by Crippen LogP contribution is 2.20. The number of likely N-dealkylation sites (tertiary alicyclic amines) is 1. The summed E-state index contributed by atoms with van der Waals surface area (Å²) in [5, 5.41) is 12.8. The van der Waals surface area contributed by atoms with Crippen molar-refractivity contribution in [3.05, 3.63) is 48.0 Å². The van der Waals surface area contributed by atoms with Crippen LogP contribution in [0.2, 0.25) is 0 Å². The third-order valence-corrected chi connectivity index (χ3v) is 5.91. The number of nitrogens with zero attached hydrogens (tertiary/aromatic N) is 4. The lowest BCUT2D eigenvalue weighted by molar-refractivity contribution is -0.145. The molecule has 0 bridgehead atoms. The van der Waals surface area contributed by atoms with Crippen LogP contribution in [0.25, 0.3) is 10.8 Å². The predicted octanol–water partition coefficient (Wildman–Crippen LogP) is 2.67. The van der Waals surface area contributed by atoms with Crippen LogP contribution in [0.4, 0.5) is 0 Å². The number of carbonyl (C=O) groups excluding carboxylic acids is 3. The summed E-state index contributed by atoms with van der Waals surface area (Å²) in [6.45, 7) is 3.82. The van der Waals surface area contributed by atoms with Crippen molar-refractivity contribution in [3.8, 4) is 0 Å². The molecular weight excluding hydrogens is 462 g/mol. The molecule has 0 saturated carbocycles. The van der Waals surface area contributed by atoms with Gasteiger partial charge in [0, 0.05) is 13.0 Å². The zero-order valence-electron chi connectivity index (χ0n) is 21.4. The number of hydrogen-bond donors (Lipinski definition) is 1. The van der Waals surface area contributed by atoms with Crippen molar-refractivity contribution in [2.75, 3.05) is 34.4 Å². The van der Waals surface area contributed by atoms with E-state index in [1.807, 2.05) is 61.3 Å². The maximum absolute atomic E-state index is 13.0. The minimum Gasteiger partial charge on any atom is -0.468 e. The van der Waals surface area contributed by atoms with E-state index in [4.69, 9.17) is 4.74 Å². The summed E-state index contributed by atoms with van der Waals surface area (Å²) in [7, 11) is 4.72. The normalized spacial score (nSPS) is 17.7. The molecular formula is C26H36N5O5+. The second-order valence-corrected chi connectivity index (χ2v) is 8.48. The first-order valence-electron chi connectivity index (χ1n) is 12.0. The van der Waals surface area contributed by atoms with Crippen LogP contribution >= 0.6 is 0 Å². The summed E-state index contributed by atoms with van der Waals surface area (Å²) in [6.07, 6.45) is 3.10. The van der Waals surface area contributed by atoms with E-state index in [0.717, 1.165) is 35.7 Å². The monoisotopic (exact) mass is 498 g/mol. The first-order valence-corrected chi connectivity index (χ1v) is 12.0. The molecule has 1 amide bonds. The molecule has 1 saturated heterocycles. The number of rotatable bonds is 10. The van der Waals surface area contributed by atoms with Gasteiger partial charge < -0.3 is 14.8 Å². The Hall–Kier alpha value is -3.62. The average Bonchev–Trinajstić information content (AvgIpc) is 3.27. The lowest BCUT2D eigenvalue weighted by Crippen LogP contribution is -2.52. The Morgan fingerprint density at radius 3 is 2.67 bits per heavy atom. The van der Waals surface area contributed by atoms with E-state index in [1.165, 1.54) is 14.2 Å². The maximum Gasteiger partial charge on any atom is 0.328 e. The van der Waals surface area contributed by atoms with Crippen LogP contribution in [0, 0.1) is 0 Å². The van der Waals surface area contributed by atoms with Crippen molar-refractivity contribution in [2.24, 2.45) is 10.2 Å². The fraction of sp³-hybridized carbons (Fsp3) is 0.500. The summed E-state index contributed by atoms with van der Waals surface area (Å²) in [4.78, 5) is 40.4. The number of hydrogen-bond acceptors (Lipinski definition) is 8. The van der Waals surface area contributed by atoms with Gasteiger partial charge in [-0.2, -0.15) is 0 Å². The van der Waals surface area contributed by atoms with Crippen LogP contribution in [0.3, 0.4) is 0 Å². The van der Waals surface area contributed by atoms with Crippen molar-refractivity contribution in [1.82, 2.24) is 15.1 Å². The highest BCUT2D eigenvalue weighted by molar-refractivity contribution is 5.89. The number of benzene rings is 2. The Morgan fingerprint density at radius 1 is 1.25 bits per heavy atom. The molecule has 3 atom stereocenters. The quantitative estimate of drug-likeness (QED) is 0.177. The smallest absolute Gasteiger partial charge is 0.328 e. The van der Waals surface area contributed by atoms with Gasteiger partial charge in [-0.05, 0) is 36.2 Å². The molecule has 0 aliphatic carbocycles. The molecule has 3 unspecified atom stereocenters. The molecule has 1 aliphatic rings. The number of amides is 1. The van der Waals surface area contributed by atoms with Gasteiger partial charge in [-0.15, -0.1) is 0 Å². The summed E-state index contributed by atoms with van der Waals surface area (Å²) < 4.78 is 9.32. The Labute approximate surface area is 211 Å². The Kier molecular flexibility index (Phi) is 12.2. The number of unbranched alkanes of at least 4 members (excludes halogenated alkanes) is 1. The topological polar surface area (TPSA) is 124 Å². The SMILES string of the molecule is CCCCOC=O.CN=[N+]=NC1CCN(C)C1C(=O)NC(Cc1ccc2ccccc2c1)C(=O)OC.